The third kappa shape index (κ3) is 6.91. The van der Waals surface area contributed by atoms with E-state index in [2.05, 4.69) is 16.0 Å². The summed E-state index contributed by atoms with van der Waals surface area (Å²) in [5.41, 5.74) is -0.478. The van der Waals surface area contributed by atoms with Crippen LogP contribution in [-0.2, 0) is 14.3 Å². The molecule has 0 aliphatic rings. The van der Waals surface area contributed by atoms with Crippen LogP contribution in [0.5, 0.6) is 0 Å². The Labute approximate surface area is 165 Å². The first-order chi connectivity index (χ1) is 13.1. The highest BCUT2D eigenvalue weighted by Gasteiger charge is 2.31. The lowest BCUT2D eigenvalue weighted by atomic mass is 9.90. The summed E-state index contributed by atoms with van der Waals surface area (Å²) >= 11 is 0. The van der Waals surface area contributed by atoms with E-state index in [0.29, 0.717) is 5.69 Å². The molecule has 0 radical (unpaired) electrons. The van der Waals surface area contributed by atoms with Gasteiger partial charge in [0.05, 0.1) is 6.07 Å². The van der Waals surface area contributed by atoms with Gasteiger partial charge in [-0.15, -0.1) is 0 Å². The van der Waals surface area contributed by atoms with Crippen molar-refractivity contribution in [2.24, 2.45) is 11.8 Å². The molecule has 1 aromatic rings. The van der Waals surface area contributed by atoms with Gasteiger partial charge < -0.3 is 20.7 Å². The van der Waals surface area contributed by atoms with Crippen LogP contribution >= 0.6 is 0 Å². The molecular weight excluding hydrogens is 360 g/mol. The van der Waals surface area contributed by atoms with Crippen LogP contribution in [-0.4, -0.2) is 36.1 Å². The number of nitriles is 1. The van der Waals surface area contributed by atoms with Crippen molar-refractivity contribution in [2.45, 2.75) is 46.2 Å². The molecule has 152 valence electrons. The number of benzene rings is 1. The molecule has 1 rings (SSSR count). The van der Waals surface area contributed by atoms with Crippen molar-refractivity contribution in [1.82, 2.24) is 10.6 Å². The molecule has 0 saturated heterocycles. The highest BCUT2D eigenvalue weighted by molar-refractivity contribution is 5.93. The van der Waals surface area contributed by atoms with Gasteiger partial charge in [0.25, 0.3) is 5.91 Å². The summed E-state index contributed by atoms with van der Waals surface area (Å²) in [6.45, 7) is 8.18. The summed E-state index contributed by atoms with van der Waals surface area (Å²) in [7, 11) is 0. The molecule has 3 N–H and O–H groups in total. The molecular formula is C20H28N4O4. The number of nitrogens with zero attached hydrogens (tertiary/aromatic N) is 1. The zero-order valence-electron chi connectivity index (χ0n) is 16.9. The molecule has 0 bridgehead atoms. The fourth-order valence-corrected chi connectivity index (χ4v) is 2.18. The molecule has 28 heavy (non-hydrogen) atoms. The number of nitrogens with one attached hydrogen (secondary N) is 3. The topological polar surface area (TPSA) is 120 Å². The number of amides is 3. The largest absolute Gasteiger partial charge is 0.454 e. The first kappa shape index (κ1) is 23.0. The Bertz CT molecular complexity index is 727. The van der Waals surface area contributed by atoms with Crippen LogP contribution in [0.4, 0.5) is 10.5 Å². The second-order valence-electron chi connectivity index (χ2n) is 7.31. The second kappa shape index (κ2) is 10.3. The molecule has 0 saturated carbocycles. The van der Waals surface area contributed by atoms with E-state index in [-0.39, 0.29) is 11.8 Å². The minimum Gasteiger partial charge on any atom is -0.454 e. The Hall–Kier alpha value is -3.08. The van der Waals surface area contributed by atoms with Gasteiger partial charge in [-0.05, 0) is 30.9 Å². The third-order valence-electron chi connectivity index (χ3n) is 4.37. The van der Waals surface area contributed by atoms with Crippen LogP contribution < -0.4 is 16.0 Å². The van der Waals surface area contributed by atoms with E-state index in [1.165, 1.54) is 0 Å². The van der Waals surface area contributed by atoms with Gasteiger partial charge in [-0.25, -0.2) is 9.59 Å². The quantitative estimate of drug-likeness (QED) is 0.591. The van der Waals surface area contributed by atoms with Gasteiger partial charge in [-0.2, -0.15) is 5.26 Å². The lowest BCUT2D eigenvalue weighted by Crippen LogP contribution is -2.51. The number of esters is 1. The molecule has 2 atom stereocenters. The third-order valence-corrected chi connectivity index (χ3v) is 4.37. The molecule has 0 aliphatic heterocycles. The molecule has 0 aliphatic carbocycles. The zero-order chi connectivity index (χ0) is 21.3. The number of carbonyl (C=O) groups is 3. The molecule has 8 nitrogen and oxygen atoms in total. The summed E-state index contributed by atoms with van der Waals surface area (Å²) in [6, 6.07) is 9.36. The van der Waals surface area contributed by atoms with E-state index in [1.807, 2.05) is 12.1 Å². The van der Waals surface area contributed by atoms with Gasteiger partial charge in [0, 0.05) is 5.69 Å². The first-order valence-corrected chi connectivity index (χ1v) is 9.10. The summed E-state index contributed by atoms with van der Waals surface area (Å²) < 4.78 is 5.05. The van der Waals surface area contributed by atoms with Gasteiger partial charge in [0.1, 0.15) is 11.6 Å². The van der Waals surface area contributed by atoms with Crippen molar-refractivity contribution < 1.29 is 19.1 Å². The lowest BCUT2D eigenvalue weighted by Gasteiger charge is -2.27. The molecule has 0 heterocycles. The van der Waals surface area contributed by atoms with Crippen molar-refractivity contribution in [3.8, 4) is 6.07 Å². The summed E-state index contributed by atoms with van der Waals surface area (Å²) in [5, 5.41) is 17.0. The molecule has 0 aromatic heterocycles. The van der Waals surface area contributed by atoms with Gasteiger partial charge in [0.2, 0.25) is 0 Å². The van der Waals surface area contributed by atoms with Gasteiger partial charge in [-0.1, -0.05) is 45.9 Å². The Kier molecular flexibility index (Phi) is 8.45. The summed E-state index contributed by atoms with van der Waals surface area (Å²) in [4.78, 5) is 36.5. The van der Waals surface area contributed by atoms with E-state index in [1.54, 1.807) is 58.9 Å². The number of hydrogen-bond acceptors (Lipinski definition) is 5. The molecule has 8 heteroatoms. The number of anilines is 1. The van der Waals surface area contributed by atoms with E-state index >= 15 is 0 Å². The van der Waals surface area contributed by atoms with Crippen molar-refractivity contribution in [3.63, 3.8) is 0 Å². The standard InChI is InChI=1S/C20H28N4O4/c1-13(2)17(23-19(27)22-15-9-7-6-8-10-15)18(26)28-11-16(25)24-20(5,12-21)14(3)4/h6-10,13-14,17H,11H2,1-5H3,(H,24,25)(H2,22,23,27)/t17-,20+/m1/s1. The Balaban J connectivity index is 2.62. The van der Waals surface area contributed by atoms with Crippen molar-refractivity contribution in [3.05, 3.63) is 30.3 Å². The normalized spacial score (nSPS) is 13.8. The number of hydrogen-bond donors (Lipinski definition) is 3. The number of rotatable bonds is 8. The van der Waals surface area contributed by atoms with Gasteiger partial charge in [0.15, 0.2) is 6.61 Å². The van der Waals surface area contributed by atoms with E-state index < -0.39 is 36.1 Å². The molecule has 3 amide bonds. The van der Waals surface area contributed by atoms with Crippen LogP contribution in [0.15, 0.2) is 30.3 Å². The highest BCUT2D eigenvalue weighted by Crippen LogP contribution is 2.15. The van der Waals surface area contributed by atoms with Crippen LogP contribution in [0.1, 0.15) is 34.6 Å². The van der Waals surface area contributed by atoms with E-state index in [4.69, 9.17) is 4.74 Å². The number of ether oxygens (including phenoxy) is 1. The van der Waals surface area contributed by atoms with Crippen molar-refractivity contribution in [2.75, 3.05) is 11.9 Å². The maximum atomic E-state index is 12.3. The number of carbonyl (C=O) groups excluding carboxylic acids is 3. The second-order valence-corrected chi connectivity index (χ2v) is 7.31. The van der Waals surface area contributed by atoms with Crippen LogP contribution in [0.3, 0.4) is 0 Å². The fraction of sp³-hybridized carbons (Fsp3) is 0.500. The summed E-state index contributed by atoms with van der Waals surface area (Å²) in [6.07, 6.45) is 0. The highest BCUT2D eigenvalue weighted by atomic mass is 16.5. The Morgan fingerprint density at radius 1 is 1.14 bits per heavy atom. The molecule has 0 spiro atoms. The average molecular weight is 388 g/mol. The Morgan fingerprint density at radius 2 is 1.75 bits per heavy atom. The fourth-order valence-electron chi connectivity index (χ4n) is 2.18. The monoisotopic (exact) mass is 388 g/mol. The minimum atomic E-state index is -1.06. The first-order valence-electron chi connectivity index (χ1n) is 9.10. The van der Waals surface area contributed by atoms with Crippen LogP contribution in [0, 0.1) is 23.2 Å². The van der Waals surface area contributed by atoms with Crippen molar-refractivity contribution >= 4 is 23.6 Å². The van der Waals surface area contributed by atoms with Gasteiger partial charge >= 0.3 is 12.0 Å². The van der Waals surface area contributed by atoms with Gasteiger partial charge in [-0.3, -0.25) is 4.79 Å². The van der Waals surface area contributed by atoms with Crippen LogP contribution in [0.2, 0.25) is 0 Å². The SMILES string of the molecule is CC(C)[C@@H](NC(=O)Nc1ccccc1)C(=O)OCC(=O)N[C@@](C)(C#N)C(C)C. The number of para-hydroxylation sites is 1. The lowest BCUT2D eigenvalue weighted by molar-refractivity contribution is -0.151. The maximum absolute atomic E-state index is 12.3. The predicted molar refractivity (Wildman–Crippen MR) is 105 cm³/mol. The van der Waals surface area contributed by atoms with Crippen molar-refractivity contribution in [1.29, 1.82) is 5.26 Å². The number of urea groups is 1. The molecule has 0 fully saturated rings. The van der Waals surface area contributed by atoms with Crippen LogP contribution in [0.25, 0.3) is 0 Å². The molecule has 1 aromatic carbocycles. The summed E-state index contributed by atoms with van der Waals surface area (Å²) in [5.74, 6) is -1.68. The van der Waals surface area contributed by atoms with E-state index in [9.17, 15) is 19.6 Å². The zero-order valence-corrected chi connectivity index (χ0v) is 16.9. The average Bonchev–Trinajstić information content (AvgIpc) is 2.64. The smallest absolute Gasteiger partial charge is 0.329 e. The Morgan fingerprint density at radius 3 is 2.25 bits per heavy atom. The predicted octanol–water partition coefficient (Wildman–Crippen LogP) is 2.43. The minimum absolute atomic E-state index is 0.121. The molecule has 0 unspecified atom stereocenters. The van der Waals surface area contributed by atoms with E-state index in [0.717, 1.165) is 0 Å². The maximum Gasteiger partial charge on any atom is 0.329 e.